The van der Waals surface area contributed by atoms with Crippen molar-refractivity contribution in [1.82, 2.24) is 10.3 Å². The van der Waals surface area contributed by atoms with Gasteiger partial charge in [0.05, 0.1) is 25.0 Å². The molecule has 1 fully saturated rings. The predicted octanol–water partition coefficient (Wildman–Crippen LogP) is 4.62. The number of halogens is 2. The number of amides is 3. The molecule has 0 saturated carbocycles. The smallest absolute Gasteiger partial charge is 0.329 e. The third kappa shape index (κ3) is 3.32. The number of pyridine rings is 1. The highest BCUT2D eigenvalue weighted by atomic mass is 35.5. The van der Waals surface area contributed by atoms with Crippen molar-refractivity contribution in [1.29, 1.82) is 0 Å². The number of anilines is 1. The maximum atomic E-state index is 13.9. The van der Waals surface area contributed by atoms with Crippen molar-refractivity contribution in [3.8, 4) is 5.75 Å². The molecule has 6 nitrogen and oxygen atoms in total. The van der Waals surface area contributed by atoms with Crippen molar-refractivity contribution in [3.63, 3.8) is 0 Å². The van der Waals surface area contributed by atoms with Crippen LogP contribution < -0.4 is 15.0 Å². The summed E-state index contributed by atoms with van der Waals surface area (Å²) in [7, 11) is 1.56. The number of hydrogen-bond donors (Lipinski definition) is 1. The lowest BCUT2D eigenvalue weighted by Gasteiger charge is -2.33. The van der Waals surface area contributed by atoms with E-state index in [1.54, 1.807) is 37.6 Å². The highest BCUT2D eigenvalue weighted by molar-refractivity contribution is 8.09. The van der Waals surface area contributed by atoms with Gasteiger partial charge in [0.25, 0.3) is 5.91 Å². The molecule has 2 aliphatic rings. The van der Waals surface area contributed by atoms with Gasteiger partial charge in [-0.2, -0.15) is 0 Å². The zero-order chi connectivity index (χ0) is 21.7. The van der Waals surface area contributed by atoms with Gasteiger partial charge in [-0.25, -0.2) is 14.1 Å². The summed E-state index contributed by atoms with van der Waals surface area (Å²) in [6, 6.07) is 8.36. The van der Waals surface area contributed by atoms with E-state index < -0.39 is 29.0 Å². The molecule has 2 aromatic carbocycles. The van der Waals surface area contributed by atoms with Gasteiger partial charge in [0.1, 0.15) is 16.8 Å². The second-order valence-corrected chi connectivity index (χ2v) is 8.68. The largest absolute Gasteiger partial charge is 0.497 e. The topological polar surface area (TPSA) is 71.5 Å². The van der Waals surface area contributed by atoms with E-state index in [1.165, 1.54) is 30.1 Å². The molecule has 1 saturated heterocycles. The number of aromatic nitrogens is 1. The minimum atomic E-state index is -0.584. The number of thioether (sulfide) groups is 1. The molecule has 0 bridgehead atoms. The van der Waals surface area contributed by atoms with Gasteiger partial charge >= 0.3 is 6.03 Å². The van der Waals surface area contributed by atoms with Crippen LogP contribution in [0, 0.1) is 5.82 Å². The summed E-state index contributed by atoms with van der Waals surface area (Å²) in [5.41, 5.74) is 0.967. The van der Waals surface area contributed by atoms with Crippen LogP contribution in [0.5, 0.6) is 5.75 Å². The summed E-state index contributed by atoms with van der Waals surface area (Å²) >= 11 is 7.68. The van der Waals surface area contributed by atoms with Gasteiger partial charge in [0.2, 0.25) is 0 Å². The van der Waals surface area contributed by atoms with Crippen LogP contribution in [0.1, 0.15) is 5.56 Å². The molecule has 0 radical (unpaired) electrons. The Morgan fingerprint density at radius 3 is 2.84 bits per heavy atom. The Hall–Kier alpha value is -3.10. The molecule has 3 amide bonds. The number of fused-ring (bicyclic) bond motifs is 2. The second-order valence-electron chi connectivity index (χ2n) is 7.09. The third-order valence-electron chi connectivity index (χ3n) is 5.25. The van der Waals surface area contributed by atoms with E-state index in [2.05, 4.69) is 10.3 Å². The minimum Gasteiger partial charge on any atom is -0.497 e. The Morgan fingerprint density at radius 2 is 2.03 bits per heavy atom. The van der Waals surface area contributed by atoms with E-state index in [1.807, 2.05) is 6.08 Å². The fourth-order valence-corrected chi connectivity index (χ4v) is 5.33. The zero-order valence-electron chi connectivity index (χ0n) is 16.1. The lowest BCUT2D eigenvalue weighted by Crippen LogP contribution is -2.60. The second kappa shape index (κ2) is 7.55. The molecule has 1 N–H and O–H groups in total. The Bertz CT molecular complexity index is 1280. The lowest BCUT2D eigenvalue weighted by molar-refractivity contribution is -0.118. The molecule has 0 spiro atoms. The lowest BCUT2D eigenvalue weighted by atomic mass is 10.1. The summed E-state index contributed by atoms with van der Waals surface area (Å²) in [6.07, 6.45) is 4.78. The monoisotopic (exact) mass is 455 g/mol. The molecule has 1 aromatic heterocycles. The molecule has 31 heavy (non-hydrogen) atoms. The minimum absolute atomic E-state index is 0.242. The average Bonchev–Trinajstić information content (AvgIpc) is 3.18. The van der Waals surface area contributed by atoms with Crippen LogP contribution in [0.15, 0.2) is 54.9 Å². The highest BCUT2D eigenvalue weighted by Crippen LogP contribution is 2.45. The first-order chi connectivity index (χ1) is 15.0. The predicted molar refractivity (Wildman–Crippen MR) is 119 cm³/mol. The molecule has 156 valence electrons. The normalized spacial score (nSPS) is 20.5. The van der Waals surface area contributed by atoms with Crippen LogP contribution in [0.3, 0.4) is 0 Å². The number of ether oxygens (including phenoxy) is 1. The standard InChI is InChI=1S/C22H15ClFN3O3S/c1-30-13-4-5-16(23)15(7-13)19-8-17-20(31-19)21(28)27(22(29)26-17)18-10-25-9-11-2-3-12(24)6-14(11)18/h2-10,17,20H,1H3,(H,26,29). The van der Waals surface area contributed by atoms with Gasteiger partial charge in [0.15, 0.2) is 0 Å². The van der Waals surface area contributed by atoms with Crippen molar-refractivity contribution in [2.24, 2.45) is 0 Å². The number of benzene rings is 2. The summed E-state index contributed by atoms with van der Waals surface area (Å²) in [5, 5.41) is 3.85. The van der Waals surface area contributed by atoms with E-state index in [9.17, 15) is 14.0 Å². The summed E-state index contributed by atoms with van der Waals surface area (Å²) in [6.45, 7) is 0. The van der Waals surface area contributed by atoms with E-state index >= 15 is 0 Å². The number of urea groups is 1. The zero-order valence-corrected chi connectivity index (χ0v) is 17.7. The van der Waals surface area contributed by atoms with E-state index in [0.29, 0.717) is 21.5 Å². The first-order valence-electron chi connectivity index (χ1n) is 9.36. The third-order valence-corrected chi connectivity index (χ3v) is 6.94. The van der Waals surface area contributed by atoms with Crippen molar-refractivity contribution >= 4 is 56.7 Å². The molecular weight excluding hydrogens is 441 g/mol. The number of nitrogens with zero attached hydrogens (tertiary/aromatic N) is 2. The number of imide groups is 1. The molecule has 2 atom stereocenters. The van der Waals surface area contributed by atoms with E-state index in [0.717, 1.165) is 15.4 Å². The number of rotatable bonds is 3. The summed E-state index contributed by atoms with van der Waals surface area (Å²) in [4.78, 5) is 32.2. The first-order valence-corrected chi connectivity index (χ1v) is 10.6. The number of hydrogen-bond acceptors (Lipinski definition) is 5. The van der Waals surface area contributed by atoms with Gasteiger partial charge in [-0.05, 0) is 42.5 Å². The number of methoxy groups -OCH3 is 1. The highest BCUT2D eigenvalue weighted by Gasteiger charge is 2.45. The molecule has 2 aliphatic heterocycles. The van der Waals surface area contributed by atoms with Gasteiger partial charge in [0, 0.05) is 32.5 Å². The molecule has 3 aromatic rings. The molecule has 5 rings (SSSR count). The Balaban J connectivity index is 1.51. The fraction of sp³-hybridized carbons (Fsp3) is 0.136. The van der Waals surface area contributed by atoms with Crippen LogP contribution in [-0.2, 0) is 4.79 Å². The van der Waals surface area contributed by atoms with Crippen LogP contribution in [-0.4, -0.2) is 35.3 Å². The molecule has 0 aliphatic carbocycles. The number of nitrogens with one attached hydrogen (secondary N) is 1. The van der Waals surface area contributed by atoms with Crippen molar-refractivity contribution in [3.05, 3.63) is 71.3 Å². The molecular formula is C22H15ClFN3O3S. The van der Waals surface area contributed by atoms with Gasteiger partial charge in [-0.1, -0.05) is 11.6 Å². The van der Waals surface area contributed by atoms with Crippen molar-refractivity contribution < 1.29 is 18.7 Å². The maximum Gasteiger partial charge on any atom is 0.329 e. The Morgan fingerprint density at radius 1 is 1.19 bits per heavy atom. The number of carbonyl (C=O) groups is 2. The Labute approximate surface area is 186 Å². The van der Waals surface area contributed by atoms with Crippen LogP contribution in [0.4, 0.5) is 14.9 Å². The van der Waals surface area contributed by atoms with Crippen LogP contribution >= 0.6 is 23.4 Å². The molecule has 3 heterocycles. The van der Waals surface area contributed by atoms with Crippen molar-refractivity contribution in [2.45, 2.75) is 11.3 Å². The average molecular weight is 456 g/mol. The first kappa shape index (κ1) is 19.8. The van der Waals surface area contributed by atoms with Crippen molar-refractivity contribution in [2.75, 3.05) is 12.0 Å². The van der Waals surface area contributed by atoms with Gasteiger partial charge in [-0.15, -0.1) is 11.8 Å². The Kier molecular flexibility index (Phi) is 4.83. The number of carbonyl (C=O) groups excluding carboxylic acids is 2. The fourth-order valence-electron chi connectivity index (χ4n) is 3.76. The summed E-state index contributed by atoms with van der Waals surface area (Å²) < 4.78 is 19.1. The SMILES string of the molecule is COc1ccc(Cl)c(C2=CC3NC(=O)N(c4cncc5ccc(F)cc45)C(=O)C3S2)c1. The maximum absolute atomic E-state index is 13.9. The van der Waals surface area contributed by atoms with Crippen LogP contribution in [0.25, 0.3) is 15.7 Å². The van der Waals surface area contributed by atoms with Gasteiger partial charge < -0.3 is 10.1 Å². The summed E-state index contributed by atoms with van der Waals surface area (Å²) in [5.74, 6) is -0.228. The van der Waals surface area contributed by atoms with E-state index in [4.69, 9.17) is 16.3 Å². The molecule has 2 unspecified atom stereocenters. The van der Waals surface area contributed by atoms with Gasteiger partial charge in [-0.3, -0.25) is 9.78 Å². The quantitative estimate of drug-likeness (QED) is 0.624. The van der Waals surface area contributed by atoms with E-state index in [-0.39, 0.29) is 5.69 Å². The van der Waals surface area contributed by atoms with Crippen LogP contribution in [0.2, 0.25) is 5.02 Å². The molecule has 9 heteroatoms.